The second kappa shape index (κ2) is 11.9. The lowest BCUT2D eigenvalue weighted by Crippen LogP contribution is -2.53. The third-order valence-electron chi connectivity index (χ3n) is 4.60. The van der Waals surface area contributed by atoms with Crippen molar-refractivity contribution < 1.29 is 28.7 Å². The van der Waals surface area contributed by atoms with Gasteiger partial charge in [-0.15, -0.1) is 5.11 Å². The SMILES string of the molecule is CC(C)C[C@H](NC(=O)OCc1ccccc1)C(=O)N[C@@H](CC(C)C)C(=O)C1N=NC(=O)O1. The fraction of sp³-hybridized carbons (Fsp3) is 0.545. The van der Waals surface area contributed by atoms with Crippen LogP contribution in [0.4, 0.5) is 9.59 Å². The van der Waals surface area contributed by atoms with Crippen LogP contribution in [0.1, 0.15) is 46.1 Å². The molecule has 10 nitrogen and oxygen atoms in total. The smallest absolute Gasteiger partial charge is 0.445 e. The number of benzene rings is 1. The summed E-state index contributed by atoms with van der Waals surface area (Å²) < 4.78 is 9.99. The summed E-state index contributed by atoms with van der Waals surface area (Å²) in [5, 5.41) is 12.0. The summed E-state index contributed by atoms with van der Waals surface area (Å²) in [6.07, 6.45) is -2.41. The second-order valence-corrected chi connectivity index (χ2v) is 8.43. The minimum Gasteiger partial charge on any atom is -0.445 e. The zero-order chi connectivity index (χ0) is 23.7. The summed E-state index contributed by atoms with van der Waals surface area (Å²) in [7, 11) is 0. The molecule has 2 N–H and O–H groups in total. The van der Waals surface area contributed by atoms with E-state index in [-0.39, 0.29) is 18.4 Å². The molecule has 174 valence electrons. The minimum atomic E-state index is -1.38. The molecule has 3 amide bonds. The van der Waals surface area contributed by atoms with Gasteiger partial charge in [0.25, 0.3) is 6.23 Å². The number of azo groups is 1. The van der Waals surface area contributed by atoms with Crippen LogP contribution in [0.15, 0.2) is 40.6 Å². The predicted octanol–water partition coefficient (Wildman–Crippen LogP) is 3.36. The van der Waals surface area contributed by atoms with E-state index >= 15 is 0 Å². The number of nitrogens with zero attached hydrogens (tertiary/aromatic N) is 2. The zero-order valence-electron chi connectivity index (χ0n) is 18.7. The number of hydrogen-bond donors (Lipinski definition) is 2. The second-order valence-electron chi connectivity index (χ2n) is 8.43. The van der Waals surface area contributed by atoms with E-state index in [0.29, 0.717) is 12.8 Å². The van der Waals surface area contributed by atoms with Crippen molar-refractivity contribution in [2.24, 2.45) is 22.1 Å². The van der Waals surface area contributed by atoms with Crippen molar-refractivity contribution in [2.75, 3.05) is 0 Å². The van der Waals surface area contributed by atoms with Crippen molar-refractivity contribution in [3.05, 3.63) is 35.9 Å². The quantitative estimate of drug-likeness (QED) is 0.535. The van der Waals surface area contributed by atoms with Crippen LogP contribution in [0.3, 0.4) is 0 Å². The van der Waals surface area contributed by atoms with Gasteiger partial charge in [-0.1, -0.05) is 63.1 Å². The Labute approximate surface area is 187 Å². The molecule has 1 aliphatic rings. The predicted molar refractivity (Wildman–Crippen MR) is 115 cm³/mol. The molecule has 1 heterocycles. The van der Waals surface area contributed by atoms with Crippen LogP contribution >= 0.6 is 0 Å². The topological polar surface area (TPSA) is 136 Å². The highest BCUT2D eigenvalue weighted by molar-refractivity contribution is 5.95. The molecule has 3 atom stereocenters. The van der Waals surface area contributed by atoms with Gasteiger partial charge in [0.1, 0.15) is 12.6 Å². The number of cyclic esters (lactones) is 1. The normalized spacial score (nSPS) is 17.1. The third-order valence-corrected chi connectivity index (χ3v) is 4.60. The maximum atomic E-state index is 13.0. The minimum absolute atomic E-state index is 0.0608. The van der Waals surface area contributed by atoms with Crippen molar-refractivity contribution in [3.8, 4) is 0 Å². The molecule has 2 rings (SSSR count). The Balaban J connectivity index is 2.02. The monoisotopic (exact) mass is 446 g/mol. The molecule has 0 saturated heterocycles. The molecule has 0 bridgehead atoms. The molecule has 0 radical (unpaired) electrons. The fourth-order valence-corrected chi connectivity index (χ4v) is 3.13. The number of ether oxygens (including phenoxy) is 2. The Hall–Kier alpha value is -3.30. The van der Waals surface area contributed by atoms with Crippen LogP contribution in [0.25, 0.3) is 0 Å². The van der Waals surface area contributed by atoms with Gasteiger partial charge in [-0.3, -0.25) is 9.59 Å². The van der Waals surface area contributed by atoms with Crippen molar-refractivity contribution in [3.63, 3.8) is 0 Å². The van der Waals surface area contributed by atoms with Crippen molar-refractivity contribution in [1.29, 1.82) is 0 Å². The molecule has 1 aromatic rings. The van der Waals surface area contributed by atoms with Gasteiger partial charge in [-0.2, -0.15) is 0 Å². The first-order valence-electron chi connectivity index (χ1n) is 10.6. The van der Waals surface area contributed by atoms with E-state index in [2.05, 4.69) is 20.9 Å². The van der Waals surface area contributed by atoms with Gasteiger partial charge in [0.05, 0.1) is 6.04 Å². The molecule has 0 aliphatic carbocycles. The van der Waals surface area contributed by atoms with Crippen LogP contribution in [0.2, 0.25) is 0 Å². The number of amides is 3. The highest BCUT2D eigenvalue weighted by Gasteiger charge is 2.36. The Morgan fingerprint density at radius 3 is 2.19 bits per heavy atom. The van der Waals surface area contributed by atoms with Gasteiger partial charge in [0.2, 0.25) is 11.7 Å². The number of ketones is 1. The molecule has 32 heavy (non-hydrogen) atoms. The Morgan fingerprint density at radius 1 is 1.00 bits per heavy atom. The number of rotatable bonds is 11. The largest absolute Gasteiger partial charge is 0.454 e. The number of hydrogen-bond acceptors (Lipinski definition) is 7. The molecular formula is C22H30N4O6. The summed E-state index contributed by atoms with van der Waals surface area (Å²) in [4.78, 5) is 49.1. The van der Waals surface area contributed by atoms with Gasteiger partial charge >= 0.3 is 12.2 Å². The standard InChI is InChI=1S/C22H30N4O6/c1-13(2)10-16(18(27)20-25-26-22(30)32-20)23-19(28)17(11-14(3)4)24-21(29)31-12-15-8-6-5-7-9-15/h5-9,13-14,16-17,20H,10-12H2,1-4H3,(H,23,28)(H,24,29)/t16-,17-,20?/m0/s1. The number of alkyl carbamates (subject to hydrolysis) is 1. The van der Waals surface area contributed by atoms with Crippen molar-refractivity contribution in [1.82, 2.24) is 10.6 Å². The molecular weight excluding hydrogens is 416 g/mol. The molecule has 1 unspecified atom stereocenters. The number of carbonyl (C=O) groups excluding carboxylic acids is 4. The lowest BCUT2D eigenvalue weighted by atomic mass is 9.97. The van der Waals surface area contributed by atoms with Crippen LogP contribution in [0, 0.1) is 11.8 Å². The van der Waals surface area contributed by atoms with E-state index < -0.39 is 42.2 Å². The van der Waals surface area contributed by atoms with Gasteiger partial charge in [-0.05, 0) is 30.2 Å². The molecule has 1 aliphatic heterocycles. The first-order valence-corrected chi connectivity index (χ1v) is 10.6. The van der Waals surface area contributed by atoms with E-state index in [0.717, 1.165) is 5.56 Å². The molecule has 0 aromatic heterocycles. The van der Waals surface area contributed by atoms with E-state index in [4.69, 9.17) is 9.47 Å². The van der Waals surface area contributed by atoms with E-state index in [1.165, 1.54) is 0 Å². The lowest BCUT2D eigenvalue weighted by molar-refractivity contribution is -0.133. The van der Waals surface area contributed by atoms with Crippen LogP contribution in [0.5, 0.6) is 0 Å². The van der Waals surface area contributed by atoms with E-state index in [1.807, 2.05) is 58.0 Å². The molecule has 1 aromatic carbocycles. The maximum absolute atomic E-state index is 13.0. The number of nitrogens with one attached hydrogen (secondary N) is 2. The van der Waals surface area contributed by atoms with Gasteiger partial charge in [-0.25, -0.2) is 9.59 Å². The Bertz CT molecular complexity index is 840. The molecule has 0 spiro atoms. The summed E-state index contributed by atoms with van der Waals surface area (Å²) in [5.74, 6) is -0.957. The zero-order valence-corrected chi connectivity index (χ0v) is 18.7. The van der Waals surface area contributed by atoms with Crippen molar-refractivity contribution in [2.45, 2.75) is 65.5 Å². The summed E-state index contributed by atoms with van der Waals surface area (Å²) >= 11 is 0. The highest BCUT2D eigenvalue weighted by atomic mass is 16.6. The van der Waals surface area contributed by atoms with Crippen LogP contribution < -0.4 is 10.6 Å². The summed E-state index contributed by atoms with van der Waals surface area (Å²) in [6.45, 7) is 7.66. The molecule has 10 heteroatoms. The van der Waals surface area contributed by atoms with Gasteiger partial charge in [0, 0.05) is 0 Å². The molecule has 0 fully saturated rings. The number of Topliss-reactive ketones (excluding diaryl/α,β-unsaturated/α-hetero) is 1. The average Bonchev–Trinajstić information content (AvgIpc) is 3.17. The van der Waals surface area contributed by atoms with Gasteiger partial charge in [0.15, 0.2) is 0 Å². The first-order chi connectivity index (χ1) is 15.2. The Morgan fingerprint density at radius 2 is 1.62 bits per heavy atom. The van der Waals surface area contributed by atoms with E-state index in [9.17, 15) is 19.2 Å². The van der Waals surface area contributed by atoms with Crippen molar-refractivity contribution >= 4 is 23.9 Å². The molecule has 0 saturated carbocycles. The average molecular weight is 447 g/mol. The summed E-state index contributed by atoms with van der Waals surface area (Å²) in [5.41, 5.74) is 0.815. The summed E-state index contributed by atoms with van der Waals surface area (Å²) in [6, 6.07) is 7.30. The van der Waals surface area contributed by atoms with Gasteiger partial charge < -0.3 is 20.1 Å². The maximum Gasteiger partial charge on any atom is 0.454 e. The highest BCUT2D eigenvalue weighted by Crippen LogP contribution is 2.15. The Kier molecular flexibility index (Phi) is 9.30. The van der Waals surface area contributed by atoms with E-state index in [1.54, 1.807) is 0 Å². The fourth-order valence-electron chi connectivity index (χ4n) is 3.13. The van der Waals surface area contributed by atoms with Crippen LogP contribution in [-0.2, 0) is 25.7 Å². The third kappa shape index (κ3) is 8.09. The lowest BCUT2D eigenvalue weighted by Gasteiger charge is -2.25. The number of carbonyl (C=O) groups is 4. The first kappa shape index (κ1) is 25.0. The van der Waals surface area contributed by atoms with Crippen LogP contribution in [-0.4, -0.2) is 42.2 Å².